The van der Waals surface area contributed by atoms with E-state index in [2.05, 4.69) is 17.5 Å². The van der Waals surface area contributed by atoms with Crippen molar-refractivity contribution >= 4 is 33.1 Å². The van der Waals surface area contributed by atoms with Crippen LogP contribution in [0.2, 0.25) is 0 Å². The molecule has 6 heteroatoms. The molecular formula is C18H21NO2S3. The Morgan fingerprint density at radius 2 is 1.92 bits per heavy atom. The summed E-state index contributed by atoms with van der Waals surface area (Å²) < 4.78 is 28.0. The van der Waals surface area contributed by atoms with Crippen molar-refractivity contribution in [2.45, 2.75) is 36.0 Å². The van der Waals surface area contributed by atoms with E-state index in [9.17, 15) is 8.42 Å². The Bertz CT molecular complexity index is 799. The third kappa shape index (κ3) is 2.83. The molecule has 2 aliphatic rings. The number of thiophene rings is 1. The number of fused-ring (bicyclic) bond motifs is 1. The van der Waals surface area contributed by atoms with Gasteiger partial charge in [-0.3, -0.25) is 0 Å². The topological polar surface area (TPSA) is 37.4 Å². The van der Waals surface area contributed by atoms with E-state index in [0.717, 1.165) is 24.2 Å². The first kappa shape index (κ1) is 16.6. The first-order chi connectivity index (χ1) is 11.6. The highest BCUT2D eigenvalue weighted by atomic mass is 32.2. The Morgan fingerprint density at radius 3 is 2.62 bits per heavy atom. The van der Waals surface area contributed by atoms with E-state index in [1.807, 2.05) is 30.8 Å². The highest BCUT2D eigenvalue weighted by molar-refractivity contribution is 7.99. The minimum Gasteiger partial charge on any atom is -0.207 e. The number of thioether (sulfide) groups is 1. The quantitative estimate of drug-likeness (QED) is 0.797. The molecule has 0 saturated carbocycles. The fourth-order valence-corrected chi connectivity index (χ4v) is 8.19. The fraction of sp³-hybridized carbons (Fsp3) is 0.444. The third-order valence-corrected chi connectivity index (χ3v) is 9.58. The van der Waals surface area contributed by atoms with Crippen LogP contribution in [0.1, 0.15) is 28.5 Å². The third-order valence-electron chi connectivity index (χ3n) is 5.10. The second kappa shape index (κ2) is 6.48. The van der Waals surface area contributed by atoms with Gasteiger partial charge in [-0.05, 0) is 55.0 Å². The molecule has 3 heterocycles. The number of sulfonamides is 1. The largest absolute Gasteiger partial charge is 0.243 e. The zero-order chi connectivity index (χ0) is 16.7. The molecule has 24 heavy (non-hydrogen) atoms. The first-order valence-electron chi connectivity index (χ1n) is 8.31. The summed E-state index contributed by atoms with van der Waals surface area (Å²) in [5.74, 6) is 1.46. The fourth-order valence-electron chi connectivity index (χ4n) is 3.89. The van der Waals surface area contributed by atoms with Gasteiger partial charge in [-0.1, -0.05) is 23.8 Å². The van der Waals surface area contributed by atoms with Crippen molar-refractivity contribution in [3.8, 4) is 0 Å². The summed E-state index contributed by atoms with van der Waals surface area (Å²) in [5, 5.41) is 2.57. The van der Waals surface area contributed by atoms with Gasteiger partial charge in [0.1, 0.15) is 0 Å². The van der Waals surface area contributed by atoms with Crippen LogP contribution in [0.15, 0.2) is 46.7 Å². The molecule has 3 nitrogen and oxygen atoms in total. The Morgan fingerprint density at radius 1 is 1.12 bits per heavy atom. The molecule has 3 atom stereocenters. The zero-order valence-corrected chi connectivity index (χ0v) is 16.0. The van der Waals surface area contributed by atoms with Crippen LogP contribution < -0.4 is 0 Å². The molecule has 0 bridgehead atoms. The Balaban J connectivity index is 1.63. The summed E-state index contributed by atoms with van der Waals surface area (Å²) in [4.78, 5) is 1.82. The Hall–Kier alpha value is -0.820. The van der Waals surface area contributed by atoms with Crippen molar-refractivity contribution in [2.24, 2.45) is 5.92 Å². The molecule has 1 aromatic carbocycles. The normalized spacial score (nSPS) is 28.0. The Kier molecular flexibility index (Phi) is 4.49. The van der Waals surface area contributed by atoms with Gasteiger partial charge in [-0.25, -0.2) is 8.42 Å². The average molecular weight is 380 g/mol. The zero-order valence-electron chi connectivity index (χ0n) is 13.6. The van der Waals surface area contributed by atoms with Crippen LogP contribution in [-0.2, 0) is 10.0 Å². The maximum absolute atomic E-state index is 13.1. The van der Waals surface area contributed by atoms with Crippen molar-refractivity contribution in [3.63, 3.8) is 0 Å². The van der Waals surface area contributed by atoms with Crippen molar-refractivity contribution in [1.82, 2.24) is 4.31 Å². The van der Waals surface area contributed by atoms with Gasteiger partial charge in [0, 0.05) is 22.7 Å². The number of benzene rings is 1. The van der Waals surface area contributed by atoms with Gasteiger partial charge in [0.2, 0.25) is 10.0 Å². The molecule has 0 radical (unpaired) electrons. The van der Waals surface area contributed by atoms with E-state index >= 15 is 0 Å². The highest BCUT2D eigenvalue weighted by Crippen LogP contribution is 2.50. The van der Waals surface area contributed by atoms with Gasteiger partial charge in [-0.15, -0.1) is 11.3 Å². The maximum Gasteiger partial charge on any atom is 0.243 e. The van der Waals surface area contributed by atoms with Crippen molar-refractivity contribution in [3.05, 3.63) is 52.2 Å². The van der Waals surface area contributed by atoms with Crippen LogP contribution in [0, 0.1) is 12.8 Å². The number of aryl methyl sites for hydroxylation is 1. The number of nitrogens with zero attached hydrogens (tertiary/aromatic N) is 1. The van der Waals surface area contributed by atoms with Crippen molar-refractivity contribution in [2.75, 3.05) is 12.3 Å². The number of rotatable bonds is 3. The average Bonchev–Trinajstić information content (AvgIpc) is 3.25. The van der Waals surface area contributed by atoms with E-state index in [4.69, 9.17) is 0 Å². The standard InChI is InChI=1S/C18H21NO2S3/c1-13-4-6-14(7-5-13)24(20,21)19-10-8-15-16(19)9-12-23-18(15)17-3-2-11-22-17/h2-7,11,15-16,18H,8-10,12H2,1H3/t15-,16+,18-/m1/s1. The van der Waals surface area contributed by atoms with Crippen molar-refractivity contribution in [1.29, 1.82) is 0 Å². The van der Waals surface area contributed by atoms with Gasteiger partial charge < -0.3 is 0 Å². The summed E-state index contributed by atoms with van der Waals surface area (Å²) in [6.45, 7) is 2.63. The van der Waals surface area contributed by atoms with Gasteiger partial charge in [0.05, 0.1) is 4.90 Å². The predicted octanol–water partition coefficient (Wildman–Crippen LogP) is 4.31. The molecule has 0 spiro atoms. The van der Waals surface area contributed by atoms with E-state index < -0.39 is 10.0 Å². The van der Waals surface area contributed by atoms with Gasteiger partial charge >= 0.3 is 0 Å². The van der Waals surface area contributed by atoms with Crippen LogP contribution in [-0.4, -0.2) is 31.1 Å². The van der Waals surface area contributed by atoms with E-state index in [1.165, 1.54) is 4.88 Å². The Labute approximate surface area is 152 Å². The van der Waals surface area contributed by atoms with E-state index in [-0.39, 0.29) is 6.04 Å². The number of hydrogen-bond acceptors (Lipinski definition) is 4. The SMILES string of the molecule is Cc1ccc(S(=O)(=O)N2CC[C@H]3[C@H](c4cccs4)SCC[C@@H]32)cc1. The minimum absolute atomic E-state index is 0.143. The van der Waals surface area contributed by atoms with Crippen LogP contribution in [0.5, 0.6) is 0 Å². The molecule has 0 amide bonds. The van der Waals surface area contributed by atoms with Crippen molar-refractivity contribution < 1.29 is 8.42 Å². The van der Waals surface area contributed by atoms with Gasteiger partial charge in [0.15, 0.2) is 0 Å². The predicted molar refractivity (Wildman–Crippen MR) is 101 cm³/mol. The minimum atomic E-state index is -3.39. The molecule has 0 aliphatic carbocycles. The van der Waals surface area contributed by atoms with E-state index in [0.29, 0.717) is 22.6 Å². The second-order valence-corrected chi connectivity index (χ2v) is 10.7. The van der Waals surface area contributed by atoms with Crippen LogP contribution >= 0.6 is 23.1 Å². The monoisotopic (exact) mass is 379 g/mol. The number of hydrogen-bond donors (Lipinski definition) is 0. The van der Waals surface area contributed by atoms with Crippen LogP contribution in [0.4, 0.5) is 0 Å². The second-order valence-electron chi connectivity index (χ2n) is 6.54. The van der Waals surface area contributed by atoms with Gasteiger partial charge in [0.25, 0.3) is 0 Å². The summed E-state index contributed by atoms with van der Waals surface area (Å²) in [6, 6.07) is 11.7. The smallest absolute Gasteiger partial charge is 0.207 e. The summed E-state index contributed by atoms with van der Waals surface area (Å²) in [5.41, 5.74) is 1.08. The highest BCUT2D eigenvalue weighted by Gasteiger charge is 2.47. The lowest BCUT2D eigenvalue weighted by atomic mass is 9.93. The molecule has 1 aromatic heterocycles. The maximum atomic E-state index is 13.1. The van der Waals surface area contributed by atoms with Crippen LogP contribution in [0.3, 0.4) is 0 Å². The molecule has 0 unspecified atom stereocenters. The van der Waals surface area contributed by atoms with Crippen LogP contribution in [0.25, 0.3) is 0 Å². The lowest BCUT2D eigenvalue weighted by molar-refractivity contribution is 0.318. The van der Waals surface area contributed by atoms with E-state index in [1.54, 1.807) is 27.8 Å². The molecule has 2 aliphatic heterocycles. The summed E-state index contributed by atoms with van der Waals surface area (Å²) in [7, 11) is -3.39. The molecule has 2 aromatic rings. The molecule has 4 rings (SSSR count). The van der Waals surface area contributed by atoms with Gasteiger partial charge in [-0.2, -0.15) is 16.1 Å². The molecule has 0 N–H and O–H groups in total. The molecule has 128 valence electrons. The summed E-state index contributed by atoms with van der Waals surface area (Å²) >= 11 is 3.79. The lowest BCUT2D eigenvalue weighted by Gasteiger charge is -2.35. The molecule has 2 fully saturated rings. The molecule has 2 saturated heterocycles. The lowest BCUT2D eigenvalue weighted by Crippen LogP contribution is -2.41. The summed E-state index contributed by atoms with van der Waals surface area (Å²) in [6.07, 6.45) is 1.92. The first-order valence-corrected chi connectivity index (χ1v) is 11.7. The molecular weight excluding hydrogens is 358 g/mol.